The van der Waals surface area contributed by atoms with Crippen molar-refractivity contribution in [1.82, 2.24) is 9.99 Å². The Morgan fingerprint density at radius 1 is 1.12 bits per heavy atom. The van der Waals surface area contributed by atoms with Crippen LogP contribution in [0.5, 0.6) is 0 Å². The second kappa shape index (κ2) is 9.77. The van der Waals surface area contributed by atoms with Crippen LogP contribution in [0, 0.1) is 13.8 Å². The number of hydrazone groups is 1. The predicted octanol–water partition coefficient (Wildman–Crippen LogP) is 4.32. The second-order valence-corrected chi connectivity index (χ2v) is 9.90. The molecule has 0 unspecified atom stereocenters. The fourth-order valence-corrected chi connectivity index (χ4v) is 4.56. The largest absolute Gasteiger partial charge is 0.318 e. The molecule has 0 bridgehead atoms. The van der Waals surface area contributed by atoms with E-state index in [1.807, 2.05) is 48.7 Å². The van der Waals surface area contributed by atoms with Gasteiger partial charge in [-0.1, -0.05) is 35.3 Å². The average Bonchev–Trinajstić information content (AvgIpc) is 3.00. The molecule has 32 heavy (non-hydrogen) atoms. The maximum atomic E-state index is 12.4. The van der Waals surface area contributed by atoms with Gasteiger partial charge in [0.1, 0.15) is 6.54 Å². The molecular formula is C22H22Cl2N4O3S. The lowest BCUT2D eigenvalue weighted by molar-refractivity contribution is -0.119. The van der Waals surface area contributed by atoms with Crippen LogP contribution < -0.4 is 9.73 Å². The molecule has 1 amide bonds. The van der Waals surface area contributed by atoms with Crippen molar-refractivity contribution in [1.29, 1.82) is 0 Å². The van der Waals surface area contributed by atoms with Gasteiger partial charge < -0.3 is 4.57 Å². The van der Waals surface area contributed by atoms with Gasteiger partial charge in [-0.05, 0) is 56.3 Å². The van der Waals surface area contributed by atoms with Crippen LogP contribution in [0.25, 0.3) is 5.69 Å². The molecule has 0 fully saturated rings. The molecule has 0 atom stereocenters. The summed E-state index contributed by atoms with van der Waals surface area (Å²) in [6.07, 6.45) is 2.53. The highest BCUT2D eigenvalue weighted by Gasteiger charge is 2.22. The zero-order valence-corrected chi connectivity index (χ0v) is 20.0. The average molecular weight is 493 g/mol. The van der Waals surface area contributed by atoms with E-state index in [0.29, 0.717) is 5.02 Å². The zero-order valence-electron chi connectivity index (χ0n) is 17.7. The van der Waals surface area contributed by atoms with E-state index in [0.717, 1.165) is 33.2 Å². The monoisotopic (exact) mass is 492 g/mol. The summed E-state index contributed by atoms with van der Waals surface area (Å²) in [6.45, 7) is 3.45. The molecule has 0 radical (unpaired) electrons. The van der Waals surface area contributed by atoms with Crippen molar-refractivity contribution in [2.45, 2.75) is 13.8 Å². The van der Waals surface area contributed by atoms with E-state index in [9.17, 15) is 13.2 Å². The number of sulfonamides is 1. The maximum Gasteiger partial charge on any atom is 0.260 e. The summed E-state index contributed by atoms with van der Waals surface area (Å²) >= 11 is 12.1. The zero-order chi connectivity index (χ0) is 23.5. The topological polar surface area (TPSA) is 83.8 Å². The number of halogens is 2. The third-order valence-corrected chi connectivity index (χ3v) is 6.45. The molecule has 1 N–H and O–H groups in total. The molecule has 0 saturated heterocycles. The van der Waals surface area contributed by atoms with E-state index in [1.54, 1.807) is 18.2 Å². The number of nitrogens with zero attached hydrogens (tertiary/aromatic N) is 3. The number of carbonyl (C=O) groups excluding carboxylic acids is 1. The highest BCUT2D eigenvalue weighted by molar-refractivity contribution is 7.92. The Hall–Kier alpha value is -2.81. The number of hydrogen-bond acceptors (Lipinski definition) is 4. The minimum absolute atomic E-state index is 0.224. The molecule has 0 aliphatic carbocycles. The summed E-state index contributed by atoms with van der Waals surface area (Å²) in [7, 11) is -3.73. The molecule has 2 aromatic carbocycles. The van der Waals surface area contributed by atoms with E-state index < -0.39 is 22.5 Å². The van der Waals surface area contributed by atoms with Gasteiger partial charge in [-0.3, -0.25) is 9.10 Å². The Bertz CT molecular complexity index is 1270. The lowest BCUT2D eigenvalue weighted by atomic mass is 10.2. The van der Waals surface area contributed by atoms with Crippen LogP contribution >= 0.6 is 23.2 Å². The Morgan fingerprint density at radius 2 is 1.78 bits per heavy atom. The van der Waals surface area contributed by atoms with E-state index in [-0.39, 0.29) is 10.7 Å². The number of hydrogen-bond donors (Lipinski definition) is 1. The highest BCUT2D eigenvalue weighted by atomic mass is 35.5. The minimum atomic E-state index is -3.73. The van der Waals surface area contributed by atoms with Gasteiger partial charge in [-0.25, -0.2) is 13.8 Å². The predicted molar refractivity (Wildman–Crippen MR) is 130 cm³/mol. The third kappa shape index (κ3) is 5.51. The van der Waals surface area contributed by atoms with Crippen LogP contribution in [-0.2, 0) is 14.8 Å². The van der Waals surface area contributed by atoms with Crippen molar-refractivity contribution in [3.63, 3.8) is 0 Å². The smallest absolute Gasteiger partial charge is 0.260 e. The van der Waals surface area contributed by atoms with Crippen molar-refractivity contribution < 1.29 is 13.2 Å². The molecule has 1 heterocycles. The van der Waals surface area contributed by atoms with Gasteiger partial charge in [0.15, 0.2) is 0 Å². The molecule has 0 spiro atoms. The molecule has 0 aliphatic heterocycles. The number of rotatable bonds is 7. The van der Waals surface area contributed by atoms with Crippen molar-refractivity contribution in [2.75, 3.05) is 17.1 Å². The van der Waals surface area contributed by atoms with Crippen LogP contribution in [-0.4, -0.2) is 37.9 Å². The Labute approximate surface area is 197 Å². The number of benzene rings is 2. The number of anilines is 1. The number of amides is 1. The SMILES string of the molecule is Cc1cc(/C=N\NC(=O)CN(c2ccccc2Cl)S(C)(=O)=O)c(C)n1-c1ccc(Cl)cc1. The first kappa shape index (κ1) is 23.8. The summed E-state index contributed by atoms with van der Waals surface area (Å²) < 4.78 is 27.4. The molecule has 0 saturated carbocycles. The molecule has 7 nitrogen and oxygen atoms in total. The number of carbonyl (C=O) groups is 1. The Morgan fingerprint density at radius 3 is 2.41 bits per heavy atom. The minimum Gasteiger partial charge on any atom is -0.318 e. The Kier molecular flexibility index (Phi) is 7.28. The standard InChI is InChI=1S/C22H22Cl2N4O3S/c1-15-12-17(16(2)28(15)19-10-8-18(23)9-11-19)13-25-26-22(29)14-27(32(3,30)31)21-7-5-4-6-20(21)24/h4-13H,14H2,1-3H3,(H,26,29)/b25-13-. The van der Waals surface area contributed by atoms with Crippen molar-refractivity contribution in [3.05, 3.63) is 81.6 Å². The number of aryl methyl sites for hydroxylation is 1. The molecule has 10 heteroatoms. The van der Waals surface area contributed by atoms with Gasteiger partial charge in [-0.15, -0.1) is 0 Å². The fourth-order valence-electron chi connectivity index (χ4n) is 3.28. The number of aromatic nitrogens is 1. The van der Waals surface area contributed by atoms with E-state index in [4.69, 9.17) is 23.2 Å². The summed E-state index contributed by atoms with van der Waals surface area (Å²) in [6, 6.07) is 15.8. The molecule has 3 aromatic rings. The van der Waals surface area contributed by atoms with Crippen LogP contribution in [0.3, 0.4) is 0 Å². The van der Waals surface area contributed by atoms with E-state index >= 15 is 0 Å². The fraction of sp³-hybridized carbons (Fsp3) is 0.182. The van der Waals surface area contributed by atoms with Gasteiger partial charge >= 0.3 is 0 Å². The van der Waals surface area contributed by atoms with Gasteiger partial charge in [-0.2, -0.15) is 5.10 Å². The quantitative estimate of drug-likeness (QED) is 0.393. The van der Waals surface area contributed by atoms with Crippen LogP contribution in [0.1, 0.15) is 17.0 Å². The summed E-state index contributed by atoms with van der Waals surface area (Å²) in [4.78, 5) is 12.4. The first-order chi connectivity index (χ1) is 15.1. The van der Waals surface area contributed by atoms with Crippen LogP contribution in [0.4, 0.5) is 5.69 Å². The van der Waals surface area contributed by atoms with Gasteiger partial charge in [0.2, 0.25) is 10.0 Å². The second-order valence-electron chi connectivity index (χ2n) is 7.15. The van der Waals surface area contributed by atoms with Crippen molar-refractivity contribution in [3.8, 4) is 5.69 Å². The molecule has 1 aromatic heterocycles. The number of para-hydroxylation sites is 1. The van der Waals surface area contributed by atoms with Crippen LogP contribution in [0.2, 0.25) is 10.0 Å². The summed E-state index contributed by atoms with van der Waals surface area (Å²) in [5.41, 5.74) is 6.28. The summed E-state index contributed by atoms with van der Waals surface area (Å²) in [5, 5.41) is 4.88. The first-order valence-corrected chi connectivity index (χ1v) is 12.2. The van der Waals surface area contributed by atoms with E-state index in [2.05, 4.69) is 10.5 Å². The van der Waals surface area contributed by atoms with Gasteiger partial charge in [0, 0.05) is 27.7 Å². The maximum absolute atomic E-state index is 12.4. The first-order valence-electron chi connectivity index (χ1n) is 9.57. The van der Waals surface area contributed by atoms with Crippen molar-refractivity contribution in [2.24, 2.45) is 5.10 Å². The third-order valence-electron chi connectivity index (χ3n) is 4.76. The lowest BCUT2D eigenvalue weighted by Crippen LogP contribution is -2.39. The highest BCUT2D eigenvalue weighted by Crippen LogP contribution is 2.27. The molecule has 3 rings (SSSR count). The molecular weight excluding hydrogens is 471 g/mol. The van der Waals surface area contributed by atoms with Crippen molar-refractivity contribution >= 4 is 51.0 Å². The number of nitrogens with one attached hydrogen (secondary N) is 1. The molecule has 0 aliphatic rings. The Balaban J connectivity index is 1.74. The normalized spacial score (nSPS) is 11.7. The van der Waals surface area contributed by atoms with E-state index in [1.165, 1.54) is 12.3 Å². The summed E-state index contributed by atoms with van der Waals surface area (Å²) in [5.74, 6) is -0.599. The van der Waals surface area contributed by atoms with Gasteiger partial charge in [0.25, 0.3) is 5.91 Å². The van der Waals surface area contributed by atoms with Gasteiger partial charge in [0.05, 0.1) is 23.2 Å². The molecule has 168 valence electrons. The lowest BCUT2D eigenvalue weighted by Gasteiger charge is -2.22. The van der Waals surface area contributed by atoms with Crippen LogP contribution in [0.15, 0.2) is 59.7 Å².